The van der Waals surface area contributed by atoms with Crippen molar-refractivity contribution < 1.29 is 9.59 Å². The lowest BCUT2D eigenvalue weighted by Gasteiger charge is -2.33. The van der Waals surface area contributed by atoms with Crippen LogP contribution in [-0.2, 0) is 11.3 Å². The van der Waals surface area contributed by atoms with E-state index in [-0.39, 0.29) is 23.9 Å². The van der Waals surface area contributed by atoms with Crippen molar-refractivity contribution >= 4 is 17.3 Å². The first-order valence-electron chi connectivity index (χ1n) is 8.71. The number of carbonyl (C=O) groups excluding carboxylic acids is 2. The second kappa shape index (κ2) is 6.62. The topological polar surface area (TPSA) is 93.3 Å². The molecule has 2 unspecified atom stereocenters. The van der Waals surface area contributed by atoms with Crippen LogP contribution in [0.25, 0.3) is 5.52 Å². The summed E-state index contributed by atoms with van der Waals surface area (Å²) < 4.78 is 3.51. The number of nitrogens with one attached hydrogen (secondary N) is 2. The predicted octanol–water partition coefficient (Wildman–Crippen LogP) is 1.30. The molecule has 0 radical (unpaired) electrons. The van der Waals surface area contributed by atoms with Gasteiger partial charge >= 0.3 is 0 Å². The highest BCUT2D eigenvalue weighted by Gasteiger charge is 2.33. The minimum atomic E-state index is -0.301. The molecule has 3 aromatic rings. The van der Waals surface area contributed by atoms with Crippen LogP contribution in [0.3, 0.4) is 0 Å². The second-order valence-corrected chi connectivity index (χ2v) is 6.32. The monoisotopic (exact) mass is 352 g/mol. The van der Waals surface area contributed by atoms with Gasteiger partial charge in [-0.15, -0.1) is 0 Å². The third kappa shape index (κ3) is 2.83. The number of fused-ring (bicyclic) bond motifs is 1. The van der Waals surface area contributed by atoms with E-state index < -0.39 is 0 Å². The average Bonchev–Trinajstić information content (AvgIpc) is 3.29. The zero-order chi connectivity index (χ0) is 18.1. The van der Waals surface area contributed by atoms with Gasteiger partial charge in [0, 0.05) is 25.4 Å². The fourth-order valence-electron chi connectivity index (χ4n) is 3.46. The maximum atomic E-state index is 12.8. The highest BCUT2D eigenvalue weighted by Crippen LogP contribution is 2.25. The second-order valence-electron chi connectivity index (χ2n) is 6.32. The Hall–Kier alpha value is -3.16. The van der Waals surface area contributed by atoms with Crippen molar-refractivity contribution in [2.45, 2.75) is 38.4 Å². The Labute approximate surface area is 150 Å². The quantitative estimate of drug-likeness (QED) is 0.740. The SMILES string of the molecule is CCn1nccc1C1NC(=O)CCC1NC(=O)c1cnn2ccccc12. The molecule has 0 bridgehead atoms. The van der Waals surface area contributed by atoms with Gasteiger partial charge in [-0.25, -0.2) is 4.52 Å². The molecule has 4 rings (SSSR count). The molecule has 0 aliphatic carbocycles. The van der Waals surface area contributed by atoms with Gasteiger partial charge in [0.1, 0.15) is 0 Å². The van der Waals surface area contributed by atoms with Crippen molar-refractivity contribution in [3.05, 3.63) is 54.1 Å². The van der Waals surface area contributed by atoms with E-state index in [4.69, 9.17) is 0 Å². The molecule has 134 valence electrons. The molecule has 26 heavy (non-hydrogen) atoms. The van der Waals surface area contributed by atoms with Crippen LogP contribution in [0.4, 0.5) is 0 Å². The van der Waals surface area contributed by atoms with E-state index in [0.29, 0.717) is 24.9 Å². The van der Waals surface area contributed by atoms with Crippen LogP contribution in [-0.4, -0.2) is 37.3 Å². The summed E-state index contributed by atoms with van der Waals surface area (Å²) in [6.45, 7) is 2.69. The fraction of sp³-hybridized carbons (Fsp3) is 0.333. The first-order chi connectivity index (χ1) is 12.7. The van der Waals surface area contributed by atoms with Gasteiger partial charge in [-0.05, 0) is 31.5 Å². The summed E-state index contributed by atoms with van der Waals surface area (Å²) in [6.07, 6.45) is 6.05. The normalized spacial score (nSPS) is 20.1. The zero-order valence-electron chi connectivity index (χ0n) is 14.4. The first-order valence-corrected chi connectivity index (χ1v) is 8.71. The van der Waals surface area contributed by atoms with Crippen molar-refractivity contribution in [1.29, 1.82) is 0 Å². The Morgan fingerprint density at radius 1 is 1.35 bits per heavy atom. The van der Waals surface area contributed by atoms with Crippen molar-refractivity contribution in [3.63, 3.8) is 0 Å². The maximum absolute atomic E-state index is 12.8. The van der Waals surface area contributed by atoms with E-state index in [2.05, 4.69) is 20.8 Å². The molecule has 4 heterocycles. The van der Waals surface area contributed by atoms with E-state index in [9.17, 15) is 9.59 Å². The van der Waals surface area contributed by atoms with Gasteiger partial charge in [-0.2, -0.15) is 10.2 Å². The third-order valence-electron chi connectivity index (χ3n) is 4.76. The number of rotatable bonds is 4. The van der Waals surface area contributed by atoms with E-state index in [1.54, 1.807) is 23.1 Å². The van der Waals surface area contributed by atoms with E-state index in [1.807, 2.05) is 35.9 Å². The van der Waals surface area contributed by atoms with Crippen LogP contribution in [0.1, 0.15) is 41.9 Å². The Kier molecular flexibility index (Phi) is 4.16. The van der Waals surface area contributed by atoms with Crippen LogP contribution in [0.2, 0.25) is 0 Å². The molecule has 2 amide bonds. The molecule has 2 atom stereocenters. The van der Waals surface area contributed by atoms with E-state index in [1.165, 1.54) is 0 Å². The van der Waals surface area contributed by atoms with Crippen LogP contribution < -0.4 is 10.6 Å². The number of aryl methyl sites for hydroxylation is 1. The third-order valence-corrected chi connectivity index (χ3v) is 4.76. The number of amides is 2. The summed E-state index contributed by atoms with van der Waals surface area (Å²) >= 11 is 0. The number of hydrogen-bond acceptors (Lipinski definition) is 4. The Morgan fingerprint density at radius 3 is 3.08 bits per heavy atom. The summed E-state index contributed by atoms with van der Waals surface area (Å²) in [6, 6.07) is 6.96. The van der Waals surface area contributed by atoms with Crippen LogP contribution in [0, 0.1) is 0 Å². The average molecular weight is 352 g/mol. The van der Waals surface area contributed by atoms with Gasteiger partial charge in [0.2, 0.25) is 5.91 Å². The first kappa shape index (κ1) is 16.3. The standard InChI is InChI=1S/C18H20N6O2/c1-2-23-15(8-9-19-23)17-13(6-7-16(25)22-17)21-18(26)12-11-20-24-10-4-3-5-14(12)24/h3-5,8-11,13,17H,2,6-7H2,1H3,(H,21,26)(H,22,25). The molecule has 1 fully saturated rings. The molecule has 0 saturated carbocycles. The largest absolute Gasteiger partial charge is 0.347 e. The number of piperidine rings is 1. The molecule has 0 aromatic carbocycles. The van der Waals surface area contributed by atoms with Gasteiger partial charge in [0.25, 0.3) is 5.91 Å². The van der Waals surface area contributed by atoms with E-state index >= 15 is 0 Å². The Balaban J connectivity index is 1.60. The van der Waals surface area contributed by atoms with Gasteiger partial charge in [-0.3, -0.25) is 14.3 Å². The van der Waals surface area contributed by atoms with Crippen molar-refractivity contribution in [1.82, 2.24) is 30.0 Å². The number of carbonyl (C=O) groups is 2. The number of pyridine rings is 1. The lowest BCUT2D eigenvalue weighted by Crippen LogP contribution is -2.50. The molecule has 8 heteroatoms. The van der Waals surface area contributed by atoms with Crippen molar-refractivity contribution in [3.8, 4) is 0 Å². The Bertz CT molecular complexity index is 959. The zero-order valence-corrected chi connectivity index (χ0v) is 14.4. The van der Waals surface area contributed by atoms with Gasteiger partial charge in [0.15, 0.2) is 0 Å². The summed E-state index contributed by atoms with van der Waals surface area (Å²) in [5.41, 5.74) is 2.16. The van der Waals surface area contributed by atoms with Crippen molar-refractivity contribution in [2.24, 2.45) is 0 Å². The van der Waals surface area contributed by atoms with Gasteiger partial charge in [-0.1, -0.05) is 6.07 Å². The lowest BCUT2D eigenvalue weighted by atomic mass is 9.95. The van der Waals surface area contributed by atoms with Crippen LogP contribution >= 0.6 is 0 Å². The van der Waals surface area contributed by atoms with Crippen LogP contribution in [0.15, 0.2) is 42.9 Å². The lowest BCUT2D eigenvalue weighted by molar-refractivity contribution is -0.123. The minimum Gasteiger partial charge on any atom is -0.347 e. The van der Waals surface area contributed by atoms with Gasteiger partial charge < -0.3 is 10.6 Å². The molecule has 2 N–H and O–H groups in total. The molecular weight excluding hydrogens is 332 g/mol. The number of nitrogens with zero attached hydrogens (tertiary/aromatic N) is 4. The maximum Gasteiger partial charge on any atom is 0.255 e. The molecule has 0 spiro atoms. The van der Waals surface area contributed by atoms with Crippen molar-refractivity contribution in [2.75, 3.05) is 0 Å². The smallest absolute Gasteiger partial charge is 0.255 e. The molecule has 1 aliphatic rings. The highest BCUT2D eigenvalue weighted by molar-refractivity contribution is 6.00. The van der Waals surface area contributed by atoms with Gasteiger partial charge in [0.05, 0.1) is 35.1 Å². The highest BCUT2D eigenvalue weighted by atomic mass is 16.2. The minimum absolute atomic E-state index is 0.0136. The summed E-state index contributed by atoms with van der Waals surface area (Å²) in [4.78, 5) is 24.8. The fourth-order valence-corrected chi connectivity index (χ4v) is 3.46. The molecule has 1 aliphatic heterocycles. The van der Waals surface area contributed by atoms with E-state index in [0.717, 1.165) is 11.2 Å². The summed E-state index contributed by atoms with van der Waals surface area (Å²) in [7, 11) is 0. The summed E-state index contributed by atoms with van der Waals surface area (Å²) in [5, 5.41) is 14.6. The molecule has 1 saturated heterocycles. The Morgan fingerprint density at radius 2 is 2.23 bits per heavy atom. The number of hydrogen-bond donors (Lipinski definition) is 2. The summed E-state index contributed by atoms with van der Waals surface area (Å²) in [5.74, 6) is -0.208. The number of aromatic nitrogens is 4. The molecular formula is C18H20N6O2. The molecule has 8 nitrogen and oxygen atoms in total. The van der Waals surface area contributed by atoms with Crippen LogP contribution in [0.5, 0.6) is 0 Å². The predicted molar refractivity (Wildman–Crippen MR) is 94.5 cm³/mol. The molecule has 3 aromatic heterocycles.